The first-order chi connectivity index (χ1) is 11.1. The number of rotatable bonds is 10. The van der Waals surface area contributed by atoms with E-state index in [-0.39, 0.29) is 17.7 Å². The molecule has 0 spiro atoms. The molecule has 0 aromatic heterocycles. The zero-order chi connectivity index (χ0) is 17.1. The fourth-order valence-corrected chi connectivity index (χ4v) is 2.75. The molecule has 0 heterocycles. The molecule has 1 rings (SSSR count). The van der Waals surface area contributed by atoms with Gasteiger partial charge in [0.05, 0.1) is 0 Å². The van der Waals surface area contributed by atoms with Crippen molar-refractivity contribution in [2.45, 2.75) is 46.0 Å². The Hall–Kier alpha value is -1.36. The molecule has 2 amide bonds. The minimum Gasteiger partial charge on any atom is -0.356 e. The van der Waals surface area contributed by atoms with Crippen molar-refractivity contribution < 1.29 is 9.59 Å². The van der Waals surface area contributed by atoms with Crippen LogP contribution in [0, 0.1) is 5.92 Å². The second kappa shape index (κ2) is 11.2. The predicted octanol–water partition coefficient (Wildman–Crippen LogP) is 3.90. The maximum Gasteiger partial charge on any atom is 0.251 e. The topological polar surface area (TPSA) is 58.2 Å². The van der Waals surface area contributed by atoms with Crippen molar-refractivity contribution >= 4 is 27.7 Å². The zero-order valence-corrected chi connectivity index (χ0v) is 15.6. The lowest BCUT2D eigenvalue weighted by molar-refractivity contribution is -0.125. The summed E-state index contributed by atoms with van der Waals surface area (Å²) in [7, 11) is 0. The van der Waals surface area contributed by atoms with Crippen LogP contribution in [0.25, 0.3) is 0 Å². The summed E-state index contributed by atoms with van der Waals surface area (Å²) in [6.07, 6.45) is 4.78. The number of carbonyl (C=O) groups excluding carboxylic acids is 2. The van der Waals surface area contributed by atoms with Crippen molar-refractivity contribution in [3.8, 4) is 0 Å². The van der Waals surface area contributed by atoms with Crippen molar-refractivity contribution in [2.24, 2.45) is 5.92 Å². The van der Waals surface area contributed by atoms with Crippen LogP contribution in [0.1, 0.15) is 56.3 Å². The summed E-state index contributed by atoms with van der Waals surface area (Å²) in [5, 5.41) is 5.83. The van der Waals surface area contributed by atoms with E-state index < -0.39 is 0 Å². The smallest absolute Gasteiger partial charge is 0.251 e. The monoisotopic (exact) mass is 382 g/mol. The average molecular weight is 383 g/mol. The van der Waals surface area contributed by atoms with E-state index in [9.17, 15) is 9.59 Å². The Kier molecular flexibility index (Phi) is 9.60. The quantitative estimate of drug-likeness (QED) is 0.602. The normalized spacial score (nSPS) is 11.8. The van der Waals surface area contributed by atoms with Crippen molar-refractivity contribution in [3.05, 3.63) is 34.3 Å². The van der Waals surface area contributed by atoms with Gasteiger partial charge in [0.1, 0.15) is 0 Å². The van der Waals surface area contributed by atoms with Crippen molar-refractivity contribution in [3.63, 3.8) is 0 Å². The predicted molar refractivity (Wildman–Crippen MR) is 97.4 cm³/mol. The van der Waals surface area contributed by atoms with Crippen LogP contribution in [0.4, 0.5) is 0 Å². The van der Waals surface area contributed by atoms with Crippen molar-refractivity contribution in [2.75, 3.05) is 13.1 Å². The van der Waals surface area contributed by atoms with E-state index in [1.165, 1.54) is 0 Å². The number of hydrogen-bond acceptors (Lipinski definition) is 2. The molecule has 0 radical (unpaired) electrons. The Bertz CT molecular complexity index is 506. The van der Waals surface area contributed by atoms with Crippen LogP contribution < -0.4 is 10.6 Å². The minimum absolute atomic E-state index is 0.0907. The van der Waals surface area contributed by atoms with Gasteiger partial charge in [0.25, 0.3) is 5.91 Å². The molecule has 2 N–H and O–H groups in total. The van der Waals surface area contributed by atoms with Gasteiger partial charge >= 0.3 is 0 Å². The molecule has 0 aliphatic heterocycles. The molecule has 0 aliphatic carbocycles. The number of benzene rings is 1. The number of amides is 2. The van der Waals surface area contributed by atoms with Gasteiger partial charge in [-0.3, -0.25) is 9.59 Å². The van der Waals surface area contributed by atoms with Gasteiger partial charge in [-0.05, 0) is 37.5 Å². The summed E-state index contributed by atoms with van der Waals surface area (Å²) in [5.41, 5.74) is 0.633. The van der Waals surface area contributed by atoms with Crippen LogP contribution in [0.3, 0.4) is 0 Å². The van der Waals surface area contributed by atoms with Gasteiger partial charge < -0.3 is 10.6 Å². The van der Waals surface area contributed by atoms with Gasteiger partial charge in [-0.2, -0.15) is 0 Å². The lowest BCUT2D eigenvalue weighted by Crippen LogP contribution is -2.33. The summed E-state index contributed by atoms with van der Waals surface area (Å²) < 4.78 is 0.884. The molecule has 5 heteroatoms. The Morgan fingerprint density at radius 3 is 2.52 bits per heavy atom. The lowest BCUT2D eigenvalue weighted by Gasteiger charge is -2.14. The largest absolute Gasteiger partial charge is 0.356 e. The number of unbranched alkanes of at least 4 members (excludes halogenated alkanes) is 1. The van der Waals surface area contributed by atoms with E-state index in [0.717, 1.165) is 36.6 Å². The number of nitrogens with one attached hydrogen (secondary N) is 2. The Morgan fingerprint density at radius 2 is 1.87 bits per heavy atom. The molecular weight excluding hydrogens is 356 g/mol. The molecule has 4 nitrogen and oxygen atoms in total. The van der Waals surface area contributed by atoms with E-state index in [2.05, 4.69) is 40.4 Å². The Morgan fingerprint density at radius 1 is 1.13 bits per heavy atom. The third-order valence-electron chi connectivity index (χ3n) is 3.79. The van der Waals surface area contributed by atoms with Crippen LogP contribution in [0.5, 0.6) is 0 Å². The number of carbonyl (C=O) groups is 2. The average Bonchev–Trinajstić information content (AvgIpc) is 2.55. The molecule has 1 aromatic carbocycles. The molecule has 1 atom stereocenters. The molecule has 23 heavy (non-hydrogen) atoms. The third-order valence-corrected chi connectivity index (χ3v) is 4.29. The first-order valence-electron chi connectivity index (χ1n) is 8.40. The highest BCUT2D eigenvalue weighted by Gasteiger charge is 2.14. The van der Waals surface area contributed by atoms with Crippen LogP contribution in [0.2, 0.25) is 0 Å². The molecular formula is C18H27BrN2O2. The summed E-state index contributed by atoms with van der Waals surface area (Å²) in [4.78, 5) is 24.0. The Labute approximate surface area is 147 Å². The minimum atomic E-state index is -0.0907. The van der Waals surface area contributed by atoms with E-state index in [0.29, 0.717) is 18.7 Å². The summed E-state index contributed by atoms with van der Waals surface area (Å²) in [6, 6.07) is 7.29. The molecule has 0 aliphatic rings. The summed E-state index contributed by atoms with van der Waals surface area (Å²) >= 11 is 3.35. The Balaban J connectivity index is 2.22. The zero-order valence-electron chi connectivity index (χ0n) is 14.0. The maximum absolute atomic E-state index is 12.0. The number of halogens is 1. The van der Waals surface area contributed by atoms with E-state index in [1.807, 2.05) is 12.1 Å². The van der Waals surface area contributed by atoms with E-state index in [1.54, 1.807) is 12.1 Å². The van der Waals surface area contributed by atoms with Gasteiger partial charge in [0, 0.05) is 29.0 Å². The SMILES string of the molecule is CCCCC(CC)C(=O)NCCCNC(=O)c1cccc(Br)c1. The second-order valence-electron chi connectivity index (χ2n) is 5.66. The van der Waals surface area contributed by atoms with Gasteiger partial charge in [0.15, 0.2) is 0 Å². The fraction of sp³-hybridized carbons (Fsp3) is 0.556. The second-order valence-corrected chi connectivity index (χ2v) is 6.57. The first kappa shape index (κ1) is 19.7. The van der Waals surface area contributed by atoms with Gasteiger partial charge in [-0.25, -0.2) is 0 Å². The van der Waals surface area contributed by atoms with E-state index in [4.69, 9.17) is 0 Å². The molecule has 1 unspecified atom stereocenters. The van der Waals surface area contributed by atoms with Crippen LogP contribution in [-0.2, 0) is 4.79 Å². The third kappa shape index (κ3) is 7.64. The van der Waals surface area contributed by atoms with Crippen molar-refractivity contribution in [1.82, 2.24) is 10.6 Å². The molecule has 1 aromatic rings. The molecule has 0 fully saturated rings. The highest BCUT2D eigenvalue weighted by molar-refractivity contribution is 9.10. The van der Waals surface area contributed by atoms with Crippen LogP contribution in [0.15, 0.2) is 28.7 Å². The molecule has 0 bridgehead atoms. The standard InChI is InChI=1S/C18H27BrN2O2/c1-3-5-8-14(4-2)17(22)20-11-7-12-21-18(23)15-9-6-10-16(19)13-15/h6,9-10,13-14H,3-5,7-8,11-12H2,1-2H3,(H,20,22)(H,21,23). The highest BCUT2D eigenvalue weighted by atomic mass is 79.9. The molecule has 128 valence electrons. The maximum atomic E-state index is 12.0. The van der Waals surface area contributed by atoms with Crippen LogP contribution >= 0.6 is 15.9 Å². The first-order valence-corrected chi connectivity index (χ1v) is 9.19. The summed E-state index contributed by atoms with van der Waals surface area (Å²) in [5.74, 6) is 0.164. The molecule has 0 saturated carbocycles. The fourth-order valence-electron chi connectivity index (χ4n) is 2.35. The van der Waals surface area contributed by atoms with Gasteiger partial charge in [-0.1, -0.05) is 48.7 Å². The van der Waals surface area contributed by atoms with Gasteiger partial charge in [-0.15, -0.1) is 0 Å². The lowest BCUT2D eigenvalue weighted by atomic mass is 9.98. The van der Waals surface area contributed by atoms with Crippen LogP contribution in [-0.4, -0.2) is 24.9 Å². The highest BCUT2D eigenvalue weighted by Crippen LogP contribution is 2.12. The van der Waals surface area contributed by atoms with Crippen molar-refractivity contribution in [1.29, 1.82) is 0 Å². The van der Waals surface area contributed by atoms with E-state index >= 15 is 0 Å². The molecule has 0 saturated heterocycles. The van der Waals surface area contributed by atoms with Gasteiger partial charge in [0.2, 0.25) is 5.91 Å². The summed E-state index contributed by atoms with van der Waals surface area (Å²) in [6.45, 7) is 5.34. The number of hydrogen-bond donors (Lipinski definition) is 2.